The third-order valence-corrected chi connectivity index (χ3v) is 5.40. The zero-order chi connectivity index (χ0) is 22.3. The third kappa shape index (κ3) is 5.61. The molecule has 0 saturated heterocycles. The zero-order valence-corrected chi connectivity index (χ0v) is 18.3. The van der Waals surface area contributed by atoms with Crippen LogP contribution in [0, 0.1) is 0 Å². The Morgan fingerprint density at radius 2 is 1.00 bits per heavy atom. The molecule has 32 heavy (non-hydrogen) atoms. The summed E-state index contributed by atoms with van der Waals surface area (Å²) < 4.78 is 11.8. The van der Waals surface area contributed by atoms with E-state index < -0.39 is 0 Å². The number of hydrogen-bond acceptors (Lipinski definition) is 4. The standard InChI is InChI=1S/C28H28N2O2/c1-2-22-19-27(17-18-28(22)30)32-25-13-7-21(8-14-25)4-3-20-5-11-24(12-6-20)31-26-15-9-23(29)10-16-26/h5-19H,2-4,29-30H2,1H3. The van der Waals surface area contributed by atoms with Gasteiger partial charge in [-0.3, -0.25) is 0 Å². The van der Waals surface area contributed by atoms with Crippen LogP contribution in [0.5, 0.6) is 23.0 Å². The average Bonchev–Trinajstić information content (AvgIpc) is 2.82. The fourth-order valence-corrected chi connectivity index (χ4v) is 3.50. The summed E-state index contributed by atoms with van der Waals surface area (Å²) in [4.78, 5) is 0. The highest BCUT2D eigenvalue weighted by atomic mass is 16.5. The molecular formula is C28H28N2O2. The van der Waals surface area contributed by atoms with Crippen LogP contribution in [0.15, 0.2) is 91.0 Å². The molecule has 0 aromatic heterocycles. The number of anilines is 2. The summed E-state index contributed by atoms with van der Waals surface area (Å²) in [6.45, 7) is 2.09. The van der Waals surface area contributed by atoms with E-state index in [0.29, 0.717) is 0 Å². The highest BCUT2D eigenvalue weighted by Gasteiger charge is 2.03. The molecule has 4 aromatic carbocycles. The number of ether oxygens (including phenoxy) is 2. The minimum atomic E-state index is 0.725. The van der Waals surface area contributed by atoms with Crippen molar-refractivity contribution >= 4 is 11.4 Å². The van der Waals surface area contributed by atoms with E-state index in [1.54, 1.807) is 0 Å². The number of aryl methyl sites for hydroxylation is 3. The maximum absolute atomic E-state index is 5.99. The molecule has 4 aromatic rings. The normalized spacial score (nSPS) is 10.7. The minimum Gasteiger partial charge on any atom is -0.457 e. The topological polar surface area (TPSA) is 70.5 Å². The number of nitrogen functional groups attached to an aromatic ring is 2. The van der Waals surface area contributed by atoms with Gasteiger partial charge >= 0.3 is 0 Å². The SMILES string of the molecule is CCc1cc(Oc2ccc(CCc3ccc(Oc4ccc(N)cc4)cc3)cc2)ccc1N. The second-order valence-corrected chi connectivity index (χ2v) is 7.78. The van der Waals surface area contributed by atoms with Gasteiger partial charge in [-0.15, -0.1) is 0 Å². The Hall–Kier alpha value is -3.92. The van der Waals surface area contributed by atoms with Crippen molar-refractivity contribution in [1.82, 2.24) is 0 Å². The second-order valence-electron chi connectivity index (χ2n) is 7.78. The van der Waals surface area contributed by atoms with Gasteiger partial charge in [0.2, 0.25) is 0 Å². The molecular weight excluding hydrogens is 396 g/mol. The molecule has 4 rings (SSSR count). The van der Waals surface area contributed by atoms with E-state index in [1.165, 1.54) is 11.1 Å². The van der Waals surface area contributed by atoms with Gasteiger partial charge in [0.05, 0.1) is 0 Å². The molecule has 0 bridgehead atoms. The summed E-state index contributed by atoms with van der Waals surface area (Å²) in [5.74, 6) is 3.22. The smallest absolute Gasteiger partial charge is 0.127 e. The average molecular weight is 425 g/mol. The third-order valence-electron chi connectivity index (χ3n) is 5.40. The molecule has 162 valence electrons. The summed E-state index contributed by atoms with van der Waals surface area (Å²) >= 11 is 0. The maximum Gasteiger partial charge on any atom is 0.127 e. The van der Waals surface area contributed by atoms with E-state index in [1.807, 2.05) is 66.7 Å². The lowest BCUT2D eigenvalue weighted by Crippen LogP contribution is -1.94. The van der Waals surface area contributed by atoms with E-state index in [-0.39, 0.29) is 0 Å². The Kier molecular flexibility index (Phi) is 6.61. The largest absolute Gasteiger partial charge is 0.457 e. The molecule has 0 aliphatic heterocycles. The molecule has 4 nitrogen and oxygen atoms in total. The van der Waals surface area contributed by atoms with E-state index in [9.17, 15) is 0 Å². The Balaban J connectivity index is 1.30. The molecule has 0 amide bonds. The molecule has 0 spiro atoms. The van der Waals surface area contributed by atoms with Crippen molar-refractivity contribution in [2.75, 3.05) is 11.5 Å². The Bertz CT molecular complexity index is 1150. The Morgan fingerprint density at radius 3 is 1.50 bits per heavy atom. The van der Waals surface area contributed by atoms with Crippen molar-refractivity contribution in [3.63, 3.8) is 0 Å². The first-order chi connectivity index (χ1) is 15.6. The van der Waals surface area contributed by atoms with Gasteiger partial charge in [0.25, 0.3) is 0 Å². The minimum absolute atomic E-state index is 0.725. The van der Waals surface area contributed by atoms with E-state index >= 15 is 0 Å². The highest BCUT2D eigenvalue weighted by molar-refractivity contribution is 5.51. The van der Waals surface area contributed by atoms with Gasteiger partial charge in [0.1, 0.15) is 23.0 Å². The van der Waals surface area contributed by atoms with Crippen LogP contribution in [-0.4, -0.2) is 0 Å². The molecule has 0 aliphatic carbocycles. The van der Waals surface area contributed by atoms with Crippen molar-refractivity contribution < 1.29 is 9.47 Å². The molecule has 0 unspecified atom stereocenters. The number of benzene rings is 4. The fourth-order valence-electron chi connectivity index (χ4n) is 3.50. The van der Waals surface area contributed by atoms with Crippen LogP contribution in [-0.2, 0) is 19.3 Å². The molecule has 0 saturated carbocycles. The van der Waals surface area contributed by atoms with Crippen LogP contribution in [0.2, 0.25) is 0 Å². The molecule has 4 N–H and O–H groups in total. The van der Waals surface area contributed by atoms with Gasteiger partial charge in [-0.1, -0.05) is 31.2 Å². The number of hydrogen-bond donors (Lipinski definition) is 2. The lowest BCUT2D eigenvalue weighted by Gasteiger charge is -2.10. The molecule has 4 heteroatoms. The Labute approximate surface area is 189 Å². The molecule has 0 atom stereocenters. The van der Waals surface area contributed by atoms with Crippen LogP contribution in [0.3, 0.4) is 0 Å². The quantitative estimate of drug-likeness (QED) is 0.306. The summed E-state index contributed by atoms with van der Waals surface area (Å²) in [6.07, 6.45) is 2.80. The monoisotopic (exact) mass is 424 g/mol. The molecule has 0 radical (unpaired) electrons. The summed E-state index contributed by atoms with van der Waals surface area (Å²) in [7, 11) is 0. The van der Waals surface area contributed by atoms with Crippen molar-refractivity contribution in [3.05, 3.63) is 108 Å². The summed E-state index contributed by atoms with van der Waals surface area (Å²) in [5.41, 5.74) is 16.9. The molecule has 0 fully saturated rings. The van der Waals surface area contributed by atoms with E-state index in [2.05, 4.69) is 31.2 Å². The van der Waals surface area contributed by atoms with Crippen LogP contribution >= 0.6 is 0 Å². The Morgan fingerprint density at radius 1 is 0.562 bits per heavy atom. The second kappa shape index (κ2) is 9.92. The fraction of sp³-hybridized carbons (Fsp3) is 0.143. The maximum atomic E-state index is 5.99. The predicted octanol–water partition coefficient (Wildman–Crippen LogP) is 6.78. The lowest BCUT2D eigenvalue weighted by atomic mass is 10.0. The van der Waals surface area contributed by atoms with Crippen molar-refractivity contribution in [1.29, 1.82) is 0 Å². The van der Waals surface area contributed by atoms with Crippen LogP contribution < -0.4 is 20.9 Å². The van der Waals surface area contributed by atoms with Gasteiger partial charge in [-0.05, 0) is 103 Å². The molecule has 0 heterocycles. The van der Waals surface area contributed by atoms with E-state index in [0.717, 1.165) is 59.2 Å². The van der Waals surface area contributed by atoms with Crippen LogP contribution in [0.25, 0.3) is 0 Å². The molecule has 0 aliphatic rings. The van der Waals surface area contributed by atoms with Crippen LogP contribution in [0.4, 0.5) is 11.4 Å². The predicted molar refractivity (Wildman–Crippen MR) is 132 cm³/mol. The zero-order valence-electron chi connectivity index (χ0n) is 18.3. The van der Waals surface area contributed by atoms with Crippen molar-refractivity contribution in [2.24, 2.45) is 0 Å². The van der Waals surface area contributed by atoms with Gasteiger partial charge in [0.15, 0.2) is 0 Å². The van der Waals surface area contributed by atoms with Gasteiger partial charge in [0, 0.05) is 11.4 Å². The van der Waals surface area contributed by atoms with Crippen molar-refractivity contribution in [2.45, 2.75) is 26.2 Å². The first kappa shape index (κ1) is 21.3. The number of nitrogens with two attached hydrogens (primary N) is 2. The summed E-state index contributed by atoms with van der Waals surface area (Å²) in [6, 6.07) is 29.7. The first-order valence-electron chi connectivity index (χ1n) is 10.9. The first-order valence-corrected chi connectivity index (χ1v) is 10.9. The van der Waals surface area contributed by atoms with Gasteiger partial charge < -0.3 is 20.9 Å². The highest BCUT2D eigenvalue weighted by Crippen LogP contribution is 2.26. The number of rotatable bonds is 8. The van der Waals surface area contributed by atoms with E-state index in [4.69, 9.17) is 20.9 Å². The van der Waals surface area contributed by atoms with Gasteiger partial charge in [-0.25, -0.2) is 0 Å². The van der Waals surface area contributed by atoms with Crippen molar-refractivity contribution in [3.8, 4) is 23.0 Å². The van der Waals surface area contributed by atoms with Crippen LogP contribution in [0.1, 0.15) is 23.6 Å². The van der Waals surface area contributed by atoms with Gasteiger partial charge in [-0.2, -0.15) is 0 Å². The lowest BCUT2D eigenvalue weighted by molar-refractivity contribution is 0.481. The summed E-state index contributed by atoms with van der Waals surface area (Å²) in [5, 5.41) is 0.